The van der Waals surface area contributed by atoms with E-state index in [1.165, 1.54) is 0 Å². The minimum atomic E-state index is -0.231. The normalized spacial score (nSPS) is 18.8. The molecule has 5 heteroatoms. The molecule has 1 atom stereocenters. The molecule has 0 unspecified atom stereocenters. The number of nitrogens with zero attached hydrogens (tertiary/aromatic N) is 3. The smallest absolute Gasteiger partial charge is 0.195 e. The van der Waals surface area contributed by atoms with Crippen molar-refractivity contribution >= 4 is 11.1 Å². The summed E-state index contributed by atoms with van der Waals surface area (Å²) in [5, 5.41) is 9.43. The van der Waals surface area contributed by atoms with Crippen LogP contribution in [0.1, 0.15) is 19.2 Å². The lowest BCUT2D eigenvalue weighted by atomic mass is 10.2. The van der Waals surface area contributed by atoms with Crippen LogP contribution in [0.2, 0.25) is 0 Å². The summed E-state index contributed by atoms with van der Waals surface area (Å²) >= 11 is 0. The molecule has 2 aromatic rings. The van der Waals surface area contributed by atoms with E-state index in [1.54, 1.807) is 0 Å². The largest absolute Gasteiger partial charge is 0.441 e. The predicted molar refractivity (Wildman–Crippen MR) is 86.9 cm³/mol. The van der Waals surface area contributed by atoms with Crippen molar-refractivity contribution in [3.05, 3.63) is 30.2 Å². The first-order valence-electron chi connectivity index (χ1n) is 8.18. The van der Waals surface area contributed by atoms with Gasteiger partial charge in [0.15, 0.2) is 11.5 Å². The highest BCUT2D eigenvalue weighted by Gasteiger charge is 2.17. The van der Waals surface area contributed by atoms with Crippen LogP contribution < -0.4 is 0 Å². The molecule has 1 aromatic heterocycles. The van der Waals surface area contributed by atoms with E-state index in [2.05, 4.69) is 14.8 Å². The zero-order valence-electron chi connectivity index (χ0n) is 13.2. The summed E-state index contributed by atoms with van der Waals surface area (Å²) in [6.45, 7) is 7.99. The van der Waals surface area contributed by atoms with Crippen LogP contribution in [0.25, 0.3) is 11.1 Å². The highest BCUT2D eigenvalue weighted by atomic mass is 16.3. The number of benzene rings is 1. The first kappa shape index (κ1) is 15.5. The molecule has 0 bridgehead atoms. The number of fused-ring (bicyclic) bond motifs is 1. The molecule has 1 aliphatic rings. The fourth-order valence-electron chi connectivity index (χ4n) is 3.05. The van der Waals surface area contributed by atoms with Crippen molar-refractivity contribution in [2.75, 3.05) is 39.3 Å². The number of β-amino-alcohol motifs (C(OH)–C–C–N with tert-alkyl or cyclic N) is 1. The number of aryl methyl sites for hydroxylation is 1. The minimum Gasteiger partial charge on any atom is -0.441 e. The van der Waals surface area contributed by atoms with Crippen LogP contribution in [0.4, 0.5) is 0 Å². The maximum Gasteiger partial charge on any atom is 0.195 e. The monoisotopic (exact) mass is 303 g/mol. The van der Waals surface area contributed by atoms with E-state index in [9.17, 15) is 5.11 Å². The third kappa shape index (κ3) is 4.06. The molecular weight excluding hydrogens is 278 g/mol. The first-order chi connectivity index (χ1) is 10.7. The Balaban J connectivity index is 1.40. The van der Waals surface area contributed by atoms with Gasteiger partial charge < -0.3 is 14.4 Å². The second-order valence-electron chi connectivity index (χ2n) is 6.17. The van der Waals surface area contributed by atoms with Gasteiger partial charge in [-0.2, -0.15) is 0 Å². The lowest BCUT2D eigenvalue weighted by molar-refractivity contribution is 0.0803. The molecule has 1 aliphatic heterocycles. The third-order valence-electron chi connectivity index (χ3n) is 4.19. The first-order valence-corrected chi connectivity index (χ1v) is 8.18. The second kappa shape index (κ2) is 7.22. The van der Waals surface area contributed by atoms with Gasteiger partial charge in [0, 0.05) is 39.1 Å². The van der Waals surface area contributed by atoms with Gasteiger partial charge in [-0.1, -0.05) is 12.1 Å². The molecule has 0 aliphatic carbocycles. The summed E-state index contributed by atoms with van der Waals surface area (Å²) in [5.41, 5.74) is 1.83. The summed E-state index contributed by atoms with van der Waals surface area (Å²) in [6.07, 6.45) is 1.73. The molecule has 2 heterocycles. The van der Waals surface area contributed by atoms with Crippen molar-refractivity contribution in [1.82, 2.24) is 14.8 Å². The van der Waals surface area contributed by atoms with Crippen LogP contribution in [-0.4, -0.2) is 65.3 Å². The SMILES string of the molecule is C[C@H](O)CN1CCN(CCCc2nc3ccccc3o2)CC1. The molecule has 0 spiro atoms. The van der Waals surface area contributed by atoms with E-state index in [4.69, 9.17) is 4.42 Å². The summed E-state index contributed by atoms with van der Waals surface area (Å²) in [6, 6.07) is 7.92. The molecule has 1 saturated heterocycles. The Labute approximate surface area is 131 Å². The quantitative estimate of drug-likeness (QED) is 0.881. The number of aliphatic hydroxyl groups excluding tert-OH is 1. The van der Waals surface area contributed by atoms with Crippen LogP contribution in [0.15, 0.2) is 28.7 Å². The van der Waals surface area contributed by atoms with E-state index in [0.29, 0.717) is 0 Å². The van der Waals surface area contributed by atoms with E-state index < -0.39 is 0 Å². The maximum absolute atomic E-state index is 9.43. The van der Waals surface area contributed by atoms with Crippen molar-refractivity contribution in [3.8, 4) is 0 Å². The standard InChI is InChI=1S/C17H25N3O2/c1-14(21)13-20-11-9-19(10-12-20)8-4-7-17-18-15-5-2-3-6-16(15)22-17/h2-3,5-6,14,21H,4,7-13H2,1H3/t14-/m0/s1. The highest BCUT2D eigenvalue weighted by Crippen LogP contribution is 2.16. The Morgan fingerprint density at radius 1 is 1.18 bits per heavy atom. The molecule has 1 N–H and O–H groups in total. The van der Waals surface area contributed by atoms with Gasteiger partial charge in [-0.25, -0.2) is 4.98 Å². The Kier molecular flexibility index (Phi) is 5.08. The number of rotatable bonds is 6. The Morgan fingerprint density at radius 2 is 1.91 bits per heavy atom. The summed E-state index contributed by atoms with van der Waals surface area (Å²) in [5.74, 6) is 0.842. The number of hydrogen-bond acceptors (Lipinski definition) is 5. The number of aromatic nitrogens is 1. The topological polar surface area (TPSA) is 52.7 Å². The van der Waals surface area contributed by atoms with Gasteiger partial charge in [-0.05, 0) is 32.0 Å². The van der Waals surface area contributed by atoms with Crippen molar-refractivity contribution in [1.29, 1.82) is 0 Å². The molecule has 0 amide bonds. The molecule has 1 fully saturated rings. The number of oxazole rings is 1. The zero-order valence-corrected chi connectivity index (χ0v) is 13.2. The van der Waals surface area contributed by atoms with Crippen LogP contribution in [0.5, 0.6) is 0 Å². The Bertz CT molecular complexity index is 555. The number of piperazine rings is 1. The Hall–Kier alpha value is -1.43. The van der Waals surface area contributed by atoms with E-state index >= 15 is 0 Å². The highest BCUT2D eigenvalue weighted by molar-refractivity contribution is 5.72. The van der Waals surface area contributed by atoms with Gasteiger partial charge in [-0.3, -0.25) is 4.90 Å². The molecule has 120 valence electrons. The summed E-state index contributed by atoms with van der Waals surface area (Å²) in [7, 11) is 0. The van der Waals surface area contributed by atoms with Gasteiger partial charge in [0.25, 0.3) is 0 Å². The summed E-state index contributed by atoms with van der Waals surface area (Å²) < 4.78 is 5.75. The molecule has 22 heavy (non-hydrogen) atoms. The number of hydrogen-bond donors (Lipinski definition) is 1. The minimum absolute atomic E-state index is 0.231. The van der Waals surface area contributed by atoms with Crippen molar-refractivity contribution in [3.63, 3.8) is 0 Å². The summed E-state index contributed by atoms with van der Waals surface area (Å²) in [4.78, 5) is 9.34. The number of aliphatic hydroxyl groups is 1. The third-order valence-corrected chi connectivity index (χ3v) is 4.19. The van der Waals surface area contributed by atoms with Gasteiger partial charge in [0.2, 0.25) is 0 Å². The van der Waals surface area contributed by atoms with E-state index in [1.807, 2.05) is 31.2 Å². The molecule has 0 saturated carbocycles. The average Bonchev–Trinajstić information content (AvgIpc) is 2.91. The molecular formula is C17H25N3O2. The maximum atomic E-state index is 9.43. The lowest BCUT2D eigenvalue weighted by Crippen LogP contribution is -2.48. The van der Waals surface area contributed by atoms with Crippen LogP contribution in [0.3, 0.4) is 0 Å². The van der Waals surface area contributed by atoms with E-state index in [-0.39, 0.29) is 6.10 Å². The van der Waals surface area contributed by atoms with Gasteiger partial charge >= 0.3 is 0 Å². The van der Waals surface area contributed by atoms with Crippen molar-refractivity contribution in [2.24, 2.45) is 0 Å². The van der Waals surface area contributed by atoms with Gasteiger partial charge in [0.05, 0.1) is 6.10 Å². The van der Waals surface area contributed by atoms with Gasteiger partial charge in [0.1, 0.15) is 5.52 Å². The van der Waals surface area contributed by atoms with Crippen molar-refractivity contribution in [2.45, 2.75) is 25.9 Å². The number of para-hydroxylation sites is 2. The zero-order chi connectivity index (χ0) is 15.4. The fourth-order valence-corrected chi connectivity index (χ4v) is 3.05. The van der Waals surface area contributed by atoms with Gasteiger partial charge in [-0.15, -0.1) is 0 Å². The Morgan fingerprint density at radius 3 is 2.64 bits per heavy atom. The van der Waals surface area contributed by atoms with Crippen LogP contribution >= 0.6 is 0 Å². The lowest BCUT2D eigenvalue weighted by Gasteiger charge is -2.35. The molecule has 3 rings (SSSR count). The van der Waals surface area contributed by atoms with Crippen LogP contribution in [0, 0.1) is 0 Å². The molecule has 1 aromatic carbocycles. The van der Waals surface area contributed by atoms with Crippen LogP contribution in [-0.2, 0) is 6.42 Å². The predicted octanol–water partition coefficient (Wildman–Crippen LogP) is 1.76. The van der Waals surface area contributed by atoms with E-state index in [0.717, 1.165) is 69.1 Å². The average molecular weight is 303 g/mol. The van der Waals surface area contributed by atoms with Crippen molar-refractivity contribution < 1.29 is 9.52 Å². The molecule has 0 radical (unpaired) electrons. The fraction of sp³-hybridized carbons (Fsp3) is 0.588. The molecule has 5 nitrogen and oxygen atoms in total. The second-order valence-corrected chi connectivity index (χ2v) is 6.17.